The van der Waals surface area contributed by atoms with Crippen LogP contribution in [0.4, 0.5) is 0 Å². The molecule has 2 atom stereocenters. The van der Waals surface area contributed by atoms with Crippen molar-refractivity contribution in [1.82, 2.24) is 0 Å². The third kappa shape index (κ3) is 4.54. The van der Waals surface area contributed by atoms with Gasteiger partial charge in [0.05, 0.1) is 14.2 Å². The number of ether oxygens (including phenoxy) is 2. The number of carbonyl (C=O) groups excluding carboxylic acids is 1. The Labute approximate surface area is 134 Å². The Morgan fingerprint density at radius 3 is 2.05 bits per heavy atom. The van der Waals surface area contributed by atoms with E-state index in [-0.39, 0.29) is 25.6 Å². The molecule has 0 spiro atoms. The van der Waals surface area contributed by atoms with E-state index in [0.29, 0.717) is 17.1 Å². The number of hydrogen-bond acceptors (Lipinski definition) is 4. The van der Waals surface area contributed by atoms with E-state index < -0.39 is 5.66 Å². The number of methoxy groups -OCH3 is 2. The molecule has 2 unspecified atom stereocenters. The summed E-state index contributed by atoms with van der Waals surface area (Å²) in [4.78, 5) is 12.9. The molecule has 5 heteroatoms. The SMILES string of the molecule is COc1cccc(OC)c1C(=O)C(P=O)C(C)CC(C)(C)C. The molecule has 1 rings (SSSR count). The maximum atomic E-state index is 12.9. The minimum atomic E-state index is -0.607. The molecule has 0 aromatic heterocycles. The second-order valence-electron chi connectivity index (χ2n) is 6.69. The van der Waals surface area contributed by atoms with Crippen molar-refractivity contribution < 1.29 is 18.8 Å². The van der Waals surface area contributed by atoms with Crippen LogP contribution >= 0.6 is 8.46 Å². The Bertz CT molecular complexity index is 512. The van der Waals surface area contributed by atoms with E-state index in [1.165, 1.54) is 14.2 Å². The van der Waals surface area contributed by atoms with Crippen LogP contribution in [0.25, 0.3) is 0 Å². The van der Waals surface area contributed by atoms with Gasteiger partial charge in [-0.1, -0.05) is 33.8 Å². The van der Waals surface area contributed by atoms with Crippen molar-refractivity contribution >= 4 is 14.2 Å². The third-order valence-corrected chi connectivity index (χ3v) is 4.50. The Kier molecular flexibility index (Phi) is 6.55. The molecular weight excluding hydrogens is 299 g/mol. The molecule has 22 heavy (non-hydrogen) atoms. The minimum Gasteiger partial charge on any atom is -0.496 e. The molecule has 4 nitrogen and oxygen atoms in total. The van der Waals surface area contributed by atoms with Crippen molar-refractivity contribution in [3.05, 3.63) is 23.8 Å². The molecule has 0 saturated heterocycles. The summed E-state index contributed by atoms with van der Waals surface area (Å²) in [6, 6.07) is 5.18. The van der Waals surface area contributed by atoms with Gasteiger partial charge in [0.15, 0.2) is 14.2 Å². The summed E-state index contributed by atoms with van der Waals surface area (Å²) in [6.45, 7) is 8.28. The van der Waals surface area contributed by atoms with Crippen LogP contribution in [0.2, 0.25) is 0 Å². The molecule has 0 aliphatic heterocycles. The predicted octanol–water partition coefficient (Wildman–Crippen LogP) is 4.62. The summed E-state index contributed by atoms with van der Waals surface area (Å²) in [6.07, 6.45) is 0.802. The molecule has 0 radical (unpaired) electrons. The highest BCUT2D eigenvalue weighted by atomic mass is 31.1. The molecule has 0 saturated carbocycles. The van der Waals surface area contributed by atoms with E-state index >= 15 is 0 Å². The van der Waals surface area contributed by atoms with Crippen LogP contribution in [0.1, 0.15) is 44.5 Å². The molecule has 0 amide bonds. The number of benzene rings is 1. The van der Waals surface area contributed by atoms with Gasteiger partial charge in [-0.3, -0.25) is 9.36 Å². The molecule has 0 aliphatic rings. The normalized spacial score (nSPS) is 14.5. The first-order valence-corrected chi connectivity index (χ1v) is 8.21. The second kappa shape index (κ2) is 7.73. The summed E-state index contributed by atoms with van der Waals surface area (Å²) in [5, 5.41) is 0. The van der Waals surface area contributed by atoms with Crippen molar-refractivity contribution in [2.45, 2.75) is 39.8 Å². The van der Waals surface area contributed by atoms with Crippen LogP contribution in [-0.2, 0) is 4.57 Å². The molecule has 122 valence electrons. The van der Waals surface area contributed by atoms with Crippen molar-refractivity contribution in [2.75, 3.05) is 14.2 Å². The highest BCUT2D eigenvalue weighted by Crippen LogP contribution is 2.36. The molecule has 0 N–H and O–H groups in total. The van der Waals surface area contributed by atoms with Gasteiger partial charge in [-0.15, -0.1) is 0 Å². The maximum absolute atomic E-state index is 12.9. The third-order valence-electron chi connectivity index (χ3n) is 3.53. The Morgan fingerprint density at radius 2 is 1.68 bits per heavy atom. The van der Waals surface area contributed by atoms with Crippen LogP contribution < -0.4 is 9.47 Å². The van der Waals surface area contributed by atoms with Crippen molar-refractivity contribution in [3.63, 3.8) is 0 Å². The number of Topliss-reactive ketones (excluding diaryl/α,β-unsaturated/α-hetero) is 1. The quantitative estimate of drug-likeness (QED) is 0.542. The summed E-state index contributed by atoms with van der Waals surface area (Å²) >= 11 is 0. The number of carbonyl (C=O) groups is 1. The van der Waals surface area contributed by atoms with E-state index in [9.17, 15) is 9.36 Å². The van der Waals surface area contributed by atoms with Crippen molar-refractivity contribution in [2.24, 2.45) is 11.3 Å². The average molecular weight is 324 g/mol. The molecule has 0 aliphatic carbocycles. The van der Waals surface area contributed by atoms with E-state index in [0.717, 1.165) is 6.42 Å². The minimum absolute atomic E-state index is 0.0127. The van der Waals surface area contributed by atoms with Crippen LogP contribution in [0.5, 0.6) is 11.5 Å². The molecule has 1 aromatic carbocycles. The maximum Gasteiger partial charge on any atom is 0.185 e. The Balaban J connectivity index is 3.20. The smallest absolute Gasteiger partial charge is 0.185 e. The number of rotatable bonds is 7. The first kappa shape index (κ1) is 18.6. The van der Waals surface area contributed by atoms with Gasteiger partial charge in [0.2, 0.25) is 0 Å². The van der Waals surface area contributed by atoms with Crippen molar-refractivity contribution in [3.8, 4) is 11.5 Å². The molecule has 0 heterocycles. The molecule has 0 bridgehead atoms. The number of ketones is 1. The van der Waals surface area contributed by atoms with Gasteiger partial charge in [0.25, 0.3) is 0 Å². The van der Waals surface area contributed by atoms with Crippen LogP contribution in [0.3, 0.4) is 0 Å². The first-order valence-electron chi connectivity index (χ1n) is 7.32. The summed E-state index contributed by atoms with van der Waals surface area (Å²) in [5.41, 5.74) is -0.181. The summed E-state index contributed by atoms with van der Waals surface area (Å²) in [5.74, 6) is 0.672. The fourth-order valence-corrected chi connectivity index (χ4v) is 3.27. The zero-order valence-electron chi connectivity index (χ0n) is 14.2. The van der Waals surface area contributed by atoms with Gasteiger partial charge >= 0.3 is 0 Å². The second-order valence-corrected chi connectivity index (χ2v) is 7.46. The fourth-order valence-electron chi connectivity index (χ4n) is 2.73. The standard InChI is InChI=1S/C17H25O4P/c1-11(10-17(2,3)4)16(22-19)15(18)14-12(20-5)8-7-9-13(14)21-6/h7-9,11,16H,10H2,1-6H3. The van der Waals surface area contributed by atoms with Crippen LogP contribution in [0, 0.1) is 11.3 Å². The largest absolute Gasteiger partial charge is 0.496 e. The topological polar surface area (TPSA) is 52.6 Å². The van der Waals surface area contributed by atoms with Gasteiger partial charge in [-0.05, 0) is 29.9 Å². The highest BCUT2D eigenvalue weighted by Gasteiger charge is 2.33. The summed E-state index contributed by atoms with van der Waals surface area (Å²) < 4.78 is 22.2. The highest BCUT2D eigenvalue weighted by molar-refractivity contribution is 7.26. The lowest BCUT2D eigenvalue weighted by Gasteiger charge is -2.26. The first-order chi connectivity index (χ1) is 10.2. The lowest BCUT2D eigenvalue weighted by atomic mass is 9.82. The zero-order chi connectivity index (χ0) is 16.9. The molecular formula is C17H25O4P. The van der Waals surface area contributed by atoms with Crippen LogP contribution in [0.15, 0.2) is 18.2 Å². The van der Waals surface area contributed by atoms with Gasteiger partial charge < -0.3 is 9.47 Å². The molecule has 1 aromatic rings. The van der Waals surface area contributed by atoms with Crippen LogP contribution in [-0.4, -0.2) is 25.7 Å². The average Bonchev–Trinajstić information content (AvgIpc) is 2.44. The Hall–Kier alpha value is -1.41. The lowest BCUT2D eigenvalue weighted by Crippen LogP contribution is -2.27. The van der Waals surface area contributed by atoms with E-state index in [1.54, 1.807) is 18.2 Å². The van der Waals surface area contributed by atoms with Gasteiger partial charge in [0, 0.05) is 0 Å². The predicted molar refractivity (Wildman–Crippen MR) is 88.5 cm³/mol. The van der Waals surface area contributed by atoms with Gasteiger partial charge in [0.1, 0.15) is 22.7 Å². The van der Waals surface area contributed by atoms with E-state index in [1.807, 2.05) is 6.92 Å². The zero-order valence-corrected chi connectivity index (χ0v) is 15.1. The van der Waals surface area contributed by atoms with Gasteiger partial charge in [-0.25, -0.2) is 0 Å². The monoisotopic (exact) mass is 324 g/mol. The fraction of sp³-hybridized carbons (Fsp3) is 0.588. The number of hydrogen-bond donors (Lipinski definition) is 0. The Morgan fingerprint density at radius 1 is 1.18 bits per heavy atom. The van der Waals surface area contributed by atoms with E-state index in [2.05, 4.69) is 20.8 Å². The van der Waals surface area contributed by atoms with Gasteiger partial charge in [-0.2, -0.15) is 0 Å². The summed E-state index contributed by atoms with van der Waals surface area (Å²) in [7, 11) is 2.84. The van der Waals surface area contributed by atoms with Crippen molar-refractivity contribution in [1.29, 1.82) is 0 Å². The lowest BCUT2D eigenvalue weighted by molar-refractivity contribution is 0.0955. The molecule has 0 fully saturated rings. The van der Waals surface area contributed by atoms with E-state index in [4.69, 9.17) is 9.47 Å².